The van der Waals surface area contributed by atoms with Crippen LogP contribution in [0.1, 0.15) is 22.8 Å². The number of hydrogen-bond acceptors (Lipinski definition) is 8. The Balaban J connectivity index is 0.000000559. The summed E-state index contributed by atoms with van der Waals surface area (Å²) in [6.07, 6.45) is -5.08. The molecule has 4 N–H and O–H groups in total. The predicted molar refractivity (Wildman–Crippen MR) is 132 cm³/mol. The molecule has 0 saturated carbocycles. The van der Waals surface area contributed by atoms with Crippen LogP contribution in [0.4, 0.5) is 23.7 Å². The summed E-state index contributed by atoms with van der Waals surface area (Å²) in [6.45, 7) is 1.90. The minimum Gasteiger partial charge on any atom is -0.475 e. The van der Waals surface area contributed by atoms with E-state index in [1.54, 1.807) is 48.5 Å². The molecule has 2 heterocycles. The zero-order valence-corrected chi connectivity index (χ0v) is 21.6. The highest BCUT2D eigenvalue weighted by atomic mass is 32.2. The van der Waals surface area contributed by atoms with Crippen molar-refractivity contribution in [3.8, 4) is 0 Å². The summed E-state index contributed by atoms with van der Waals surface area (Å²) < 4.78 is 56.4. The van der Waals surface area contributed by atoms with Crippen molar-refractivity contribution in [2.45, 2.75) is 24.5 Å². The van der Waals surface area contributed by atoms with Crippen LogP contribution >= 0.6 is 0 Å². The van der Waals surface area contributed by atoms with Gasteiger partial charge < -0.3 is 15.3 Å². The SMILES string of the molecule is CC1(CNC(=O)c2ccc(CN3CCS(=O)(=O)c4ccccc43)cc2)C(=O)NC(=O)NC1=O.O=C(O)C(F)(F)F. The van der Waals surface area contributed by atoms with E-state index in [1.807, 2.05) is 15.5 Å². The van der Waals surface area contributed by atoms with Gasteiger partial charge in [-0.2, -0.15) is 13.2 Å². The lowest BCUT2D eigenvalue weighted by molar-refractivity contribution is -0.192. The molecule has 214 valence electrons. The van der Waals surface area contributed by atoms with Crippen LogP contribution in [-0.4, -0.2) is 68.3 Å². The summed E-state index contributed by atoms with van der Waals surface area (Å²) >= 11 is 0. The van der Waals surface area contributed by atoms with Gasteiger partial charge in [0.2, 0.25) is 11.8 Å². The molecule has 12 nitrogen and oxygen atoms in total. The van der Waals surface area contributed by atoms with Crippen LogP contribution in [0.15, 0.2) is 53.4 Å². The van der Waals surface area contributed by atoms with E-state index in [2.05, 4.69) is 5.32 Å². The first kappa shape index (κ1) is 30.1. The minimum atomic E-state index is -5.08. The van der Waals surface area contributed by atoms with Crippen molar-refractivity contribution in [2.24, 2.45) is 5.41 Å². The van der Waals surface area contributed by atoms with Gasteiger partial charge in [0.05, 0.1) is 16.3 Å². The lowest BCUT2D eigenvalue weighted by Gasteiger charge is -2.31. The first-order chi connectivity index (χ1) is 18.5. The van der Waals surface area contributed by atoms with Crippen LogP contribution in [-0.2, 0) is 30.8 Å². The van der Waals surface area contributed by atoms with Gasteiger partial charge in [-0.3, -0.25) is 25.0 Å². The molecule has 0 bridgehead atoms. The predicted octanol–water partition coefficient (Wildman–Crippen LogP) is 1.22. The second kappa shape index (κ2) is 11.3. The van der Waals surface area contributed by atoms with Crippen molar-refractivity contribution in [3.63, 3.8) is 0 Å². The maximum Gasteiger partial charge on any atom is 0.490 e. The number of sulfone groups is 1. The Morgan fingerprint density at radius 2 is 1.57 bits per heavy atom. The summed E-state index contributed by atoms with van der Waals surface area (Å²) in [5.41, 5.74) is 0.265. The molecule has 16 heteroatoms. The number of alkyl halides is 3. The monoisotopic (exact) mass is 584 g/mol. The molecule has 1 fully saturated rings. The van der Waals surface area contributed by atoms with Gasteiger partial charge in [0.15, 0.2) is 9.84 Å². The highest BCUT2D eigenvalue weighted by Crippen LogP contribution is 2.31. The number of nitrogens with zero attached hydrogens (tertiary/aromatic N) is 1. The Morgan fingerprint density at radius 3 is 2.12 bits per heavy atom. The van der Waals surface area contributed by atoms with Crippen molar-refractivity contribution < 1.29 is 50.7 Å². The second-order valence-electron chi connectivity index (χ2n) is 8.96. The zero-order chi connectivity index (χ0) is 29.9. The number of rotatable bonds is 5. The van der Waals surface area contributed by atoms with Gasteiger partial charge in [0.1, 0.15) is 5.41 Å². The molecule has 5 amide bonds. The summed E-state index contributed by atoms with van der Waals surface area (Å²) in [4.78, 5) is 59.1. The van der Waals surface area contributed by atoms with Crippen molar-refractivity contribution in [1.29, 1.82) is 0 Å². The number of hydrogen-bond donors (Lipinski definition) is 4. The number of barbiturate groups is 1. The van der Waals surface area contributed by atoms with Gasteiger partial charge in [-0.1, -0.05) is 24.3 Å². The van der Waals surface area contributed by atoms with Gasteiger partial charge >= 0.3 is 18.2 Å². The highest BCUT2D eigenvalue weighted by Gasteiger charge is 2.46. The van der Waals surface area contributed by atoms with Crippen LogP contribution < -0.4 is 20.9 Å². The van der Waals surface area contributed by atoms with E-state index < -0.39 is 51.2 Å². The minimum absolute atomic E-state index is 0.0377. The number of carboxylic acids is 1. The summed E-state index contributed by atoms with van der Waals surface area (Å²) in [5.74, 6) is -4.76. The molecule has 2 aliphatic rings. The topological polar surface area (TPSA) is 179 Å². The van der Waals surface area contributed by atoms with Gasteiger partial charge in [-0.15, -0.1) is 0 Å². The van der Waals surface area contributed by atoms with E-state index in [1.165, 1.54) is 6.92 Å². The number of carbonyl (C=O) groups is 5. The van der Waals surface area contributed by atoms with Crippen LogP contribution in [0.3, 0.4) is 0 Å². The molecule has 0 spiro atoms. The summed E-state index contributed by atoms with van der Waals surface area (Å²) in [7, 11) is -3.29. The molecule has 40 heavy (non-hydrogen) atoms. The van der Waals surface area contributed by atoms with Gasteiger partial charge in [0, 0.05) is 25.2 Å². The van der Waals surface area contributed by atoms with Crippen molar-refractivity contribution in [2.75, 3.05) is 23.7 Å². The number of aliphatic carboxylic acids is 1. The van der Waals surface area contributed by atoms with Gasteiger partial charge in [-0.05, 0) is 36.8 Å². The number of carboxylic acid groups (broad SMARTS) is 1. The van der Waals surface area contributed by atoms with E-state index >= 15 is 0 Å². The fraction of sp³-hybridized carbons (Fsp3) is 0.292. The molecule has 0 atom stereocenters. The van der Waals surface area contributed by atoms with E-state index in [0.29, 0.717) is 29.2 Å². The van der Waals surface area contributed by atoms with E-state index in [0.717, 1.165) is 5.56 Å². The van der Waals surface area contributed by atoms with Crippen LogP contribution in [0, 0.1) is 5.41 Å². The van der Waals surface area contributed by atoms with Crippen molar-refractivity contribution in [3.05, 3.63) is 59.7 Å². The molecule has 2 aliphatic heterocycles. The molecule has 1 saturated heterocycles. The van der Waals surface area contributed by atoms with Crippen LogP contribution in [0.2, 0.25) is 0 Å². The number of nitrogens with one attached hydrogen (secondary N) is 3. The molecule has 4 rings (SSSR count). The van der Waals surface area contributed by atoms with Crippen molar-refractivity contribution in [1.82, 2.24) is 16.0 Å². The average molecular weight is 585 g/mol. The summed E-state index contributed by atoms with van der Waals surface area (Å²) in [5, 5.41) is 13.7. The second-order valence-corrected chi connectivity index (χ2v) is 11.0. The Kier molecular flexibility index (Phi) is 8.52. The van der Waals surface area contributed by atoms with Crippen molar-refractivity contribution >= 4 is 45.2 Å². The quantitative estimate of drug-likeness (QED) is 0.376. The molecule has 0 radical (unpaired) electrons. The maximum absolute atomic E-state index is 12.5. The number of fused-ring (bicyclic) bond motifs is 1. The van der Waals surface area contributed by atoms with Gasteiger partial charge in [0.25, 0.3) is 5.91 Å². The Bertz CT molecular complexity index is 1440. The normalized spacial score (nSPS) is 17.4. The first-order valence-electron chi connectivity index (χ1n) is 11.5. The molecule has 0 aromatic heterocycles. The largest absolute Gasteiger partial charge is 0.490 e. The van der Waals surface area contributed by atoms with E-state index in [4.69, 9.17) is 9.90 Å². The molecule has 0 unspecified atom stereocenters. The number of carbonyl (C=O) groups excluding carboxylic acids is 4. The fourth-order valence-corrected chi connectivity index (χ4v) is 5.21. The third kappa shape index (κ3) is 6.74. The number of amides is 5. The molecule has 2 aromatic carbocycles. The first-order valence-corrected chi connectivity index (χ1v) is 13.1. The molecular formula is C24H23F3N4O8S. The summed E-state index contributed by atoms with van der Waals surface area (Å²) in [6, 6.07) is 12.7. The smallest absolute Gasteiger partial charge is 0.475 e. The van der Waals surface area contributed by atoms with Crippen LogP contribution in [0.5, 0.6) is 0 Å². The van der Waals surface area contributed by atoms with E-state index in [-0.39, 0.29) is 12.3 Å². The van der Waals surface area contributed by atoms with Gasteiger partial charge in [-0.25, -0.2) is 18.0 Å². The highest BCUT2D eigenvalue weighted by molar-refractivity contribution is 7.91. The standard InChI is InChI=1S/C22H22N4O6S.C2HF3O2/c1-22(19(28)24-21(30)25-20(22)29)13-23-18(27)15-8-6-14(7-9-15)12-26-10-11-33(31,32)17-5-3-2-4-16(17)26;3-2(4,5)1(6)7/h2-9H,10-13H2,1H3,(H,23,27)(H2,24,25,28,29,30);(H,6,7). The fourth-order valence-electron chi connectivity index (χ4n) is 3.72. The molecule has 2 aromatic rings. The Hall–Kier alpha value is -4.47. The Morgan fingerprint density at radius 1 is 1.02 bits per heavy atom. The third-order valence-corrected chi connectivity index (χ3v) is 7.80. The Labute approximate surface area is 225 Å². The average Bonchev–Trinajstić information content (AvgIpc) is 2.88. The zero-order valence-electron chi connectivity index (χ0n) is 20.7. The lowest BCUT2D eigenvalue weighted by Crippen LogP contribution is -2.64. The third-order valence-electron chi connectivity index (χ3n) is 6.06. The van der Waals surface area contributed by atoms with Crippen LogP contribution in [0.25, 0.3) is 0 Å². The number of anilines is 1. The maximum atomic E-state index is 12.5. The number of halogens is 3. The lowest BCUT2D eigenvalue weighted by atomic mass is 9.86. The number of urea groups is 1. The molecular weight excluding hydrogens is 561 g/mol. The number of imide groups is 2. The van der Waals surface area contributed by atoms with E-state index in [9.17, 15) is 40.8 Å². The number of benzene rings is 2. The number of para-hydroxylation sites is 1. The molecule has 0 aliphatic carbocycles.